The highest BCUT2D eigenvalue weighted by Crippen LogP contribution is 2.43. The molecule has 1 saturated heterocycles. The fourth-order valence-electron chi connectivity index (χ4n) is 3.26. The molecular formula is C14H23N3OS. The maximum absolute atomic E-state index is 6.07. The summed E-state index contributed by atoms with van der Waals surface area (Å²) in [6.07, 6.45) is 6.78. The summed E-state index contributed by atoms with van der Waals surface area (Å²) in [5, 5.41) is 7.45. The maximum atomic E-state index is 6.07. The average Bonchev–Trinajstić information content (AvgIpc) is 3.22. The molecule has 1 aliphatic carbocycles. The number of hydrogen-bond acceptors (Lipinski definition) is 3. The molecule has 1 aromatic heterocycles. The van der Waals surface area contributed by atoms with Crippen molar-refractivity contribution in [3.05, 3.63) is 10.6 Å². The van der Waals surface area contributed by atoms with Gasteiger partial charge in [-0.1, -0.05) is 13.8 Å². The highest BCUT2D eigenvalue weighted by Gasteiger charge is 2.38. The van der Waals surface area contributed by atoms with Crippen LogP contribution in [0.2, 0.25) is 0 Å². The van der Waals surface area contributed by atoms with E-state index in [4.69, 9.17) is 17.0 Å². The van der Waals surface area contributed by atoms with Gasteiger partial charge in [-0.15, -0.1) is 0 Å². The molecule has 5 heteroatoms. The van der Waals surface area contributed by atoms with Crippen molar-refractivity contribution in [2.75, 3.05) is 6.61 Å². The highest BCUT2D eigenvalue weighted by molar-refractivity contribution is 7.71. The van der Waals surface area contributed by atoms with Gasteiger partial charge in [-0.2, -0.15) is 5.10 Å². The lowest BCUT2D eigenvalue weighted by Crippen LogP contribution is -2.39. The summed E-state index contributed by atoms with van der Waals surface area (Å²) in [6, 6.07) is 0.454. The minimum Gasteiger partial charge on any atom is -0.375 e. The van der Waals surface area contributed by atoms with Crippen LogP contribution < -0.4 is 0 Å². The van der Waals surface area contributed by atoms with Gasteiger partial charge in [0.25, 0.3) is 0 Å². The summed E-state index contributed by atoms with van der Waals surface area (Å²) in [5.74, 6) is 1.81. The molecule has 1 aromatic rings. The zero-order chi connectivity index (χ0) is 13.5. The first kappa shape index (κ1) is 13.3. The quantitative estimate of drug-likeness (QED) is 0.855. The highest BCUT2D eigenvalue weighted by atomic mass is 32.1. The van der Waals surface area contributed by atoms with Crippen molar-refractivity contribution in [2.45, 2.75) is 69.9 Å². The van der Waals surface area contributed by atoms with Gasteiger partial charge in [0.2, 0.25) is 0 Å². The summed E-state index contributed by atoms with van der Waals surface area (Å²) < 4.78 is 9.14. The Kier molecular flexibility index (Phi) is 3.52. The van der Waals surface area contributed by atoms with Gasteiger partial charge in [0.1, 0.15) is 5.82 Å². The van der Waals surface area contributed by atoms with Crippen LogP contribution in [0.4, 0.5) is 0 Å². The second-order valence-electron chi connectivity index (χ2n) is 5.92. The molecule has 2 aliphatic rings. The van der Waals surface area contributed by atoms with E-state index >= 15 is 0 Å². The van der Waals surface area contributed by atoms with Crippen LogP contribution in [-0.2, 0) is 4.74 Å². The molecule has 1 unspecified atom stereocenters. The molecule has 2 heterocycles. The van der Waals surface area contributed by atoms with Crippen molar-refractivity contribution in [3.63, 3.8) is 0 Å². The maximum Gasteiger partial charge on any atom is 0.195 e. The Labute approximate surface area is 119 Å². The normalized spacial score (nSPS) is 26.5. The third-order valence-electron chi connectivity index (χ3n) is 4.79. The van der Waals surface area contributed by atoms with Crippen molar-refractivity contribution >= 4 is 12.2 Å². The number of H-pyrrole nitrogens is 1. The number of nitrogens with one attached hydrogen (secondary N) is 1. The van der Waals surface area contributed by atoms with Crippen LogP contribution in [0, 0.1) is 4.77 Å². The smallest absolute Gasteiger partial charge is 0.195 e. The number of ether oxygens (including phenoxy) is 1. The van der Waals surface area contributed by atoms with Gasteiger partial charge >= 0.3 is 0 Å². The average molecular weight is 281 g/mol. The largest absolute Gasteiger partial charge is 0.375 e. The lowest BCUT2D eigenvalue weighted by atomic mass is 9.85. The lowest BCUT2D eigenvalue weighted by Gasteiger charge is -2.40. The molecule has 0 spiro atoms. The van der Waals surface area contributed by atoms with Crippen molar-refractivity contribution < 1.29 is 4.74 Å². The van der Waals surface area contributed by atoms with E-state index in [1.807, 2.05) is 0 Å². The Hall–Kier alpha value is -0.680. The minimum atomic E-state index is 0.0375. The molecule has 0 radical (unpaired) electrons. The van der Waals surface area contributed by atoms with Gasteiger partial charge in [-0.05, 0) is 50.7 Å². The van der Waals surface area contributed by atoms with E-state index in [-0.39, 0.29) is 5.60 Å². The monoisotopic (exact) mass is 281 g/mol. The first-order valence-electron chi connectivity index (χ1n) is 7.50. The van der Waals surface area contributed by atoms with E-state index in [1.54, 1.807) is 0 Å². The number of hydrogen-bond donors (Lipinski definition) is 1. The van der Waals surface area contributed by atoms with Gasteiger partial charge in [0, 0.05) is 18.6 Å². The molecule has 0 amide bonds. The van der Waals surface area contributed by atoms with Crippen LogP contribution in [-0.4, -0.2) is 27.0 Å². The molecule has 19 heavy (non-hydrogen) atoms. The topological polar surface area (TPSA) is 42.8 Å². The van der Waals surface area contributed by atoms with Crippen LogP contribution >= 0.6 is 12.2 Å². The minimum absolute atomic E-state index is 0.0375. The Balaban J connectivity index is 1.89. The van der Waals surface area contributed by atoms with E-state index in [0.29, 0.717) is 12.0 Å². The molecule has 1 saturated carbocycles. The SMILES string of the molecule is CCC1(CC)CC(n2c(C3CC3)n[nH]c2=S)CCO1. The number of aromatic nitrogens is 3. The van der Waals surface area contributed by atoms with Gasteiger partial charge in [-0.3, -0.25) is 5.10 Å². The van der Waals surface area contributed by atoms with E-state index in [2.05, 4.69) is 28.6 Å². The molecule has 0 bridgehead atoms. The van der Waals surface area contributed by atoms with Crippen molar-refractivity contribution in [2.24, 2.45) is 0 Å². The predicted octanol–water partition coefficient (Wildman–Crippen LogP) is 3.73. The Morgan fingerprint density at radius 2 is 2.11 bits per heavy atom. The molecule has 106 valence electrons. The van der Waals surface area contributed by atoms with Gasteiger partial charge in [0.15, 0.2) is 4.77 Å². The van der Waals surface area contributed by atoms with Crippen LogP contribution in [0.3, 0.4) is 0 Å². The van der Waals surface area contributed by atoms with Crippen molar-refractivity contribution in [1.82, 2.24) is 14.8 Å². The molecule has 4 nitrogen and oxygen atoms in total. The van der Waals surface area contributed by atoms with E-state index in [0.717, 1.165) is 37.1 Å². The van der Waals surface area contributed by atoms with Gasteiger partial charge < -0.3 is 9.30 Å². The second-order valence-corrected chi connectivity index (χ2v) is 6.30. The standard InChI is InChI=1S/C14H23N3OS/c1-3-14(4-2)9-11(7-8-18-14)17-12(10-5-6-10)15-16-13(17)19/h10-11H,3-9H2,1-2H3,(H,16,19). The first-order valence-corrected chi connectivity index (χ1v) is 7.90. The second kappa shape index (κ2) is 5.02. The van der Waals surface area contributed by atoms with E-state index < -0.39 is 0 Å². The van der Waals surface area contributed by atoms with E-state index in [9.17, 15) is 0 Å². The molecule has 3 rings (SSSR count). The summed E-state index contributed by atoms with van der Waals surface area (Å²) in [5.41, 5.74) is 0.0375. The molecule has 1 aliphatic heterocycles. The fourth-order valence-corrected chi connectivity index (χ4v) is 3.55. The van der Waals surface area contributed by atoms with Crippen LogP contribution in [0.15, 0.2) is 0 Å². The van der Waals surface area contributed by atoms with Crippen molar-refractivity contribution in [3.8, 4) is 0 Å². The molecule has 2 fully saturated rings. The Bertz CT molecular complexity index is 499. The fraction of sp³-hybridized carbons (Fsp3) is 0.857. The first-order chi connectivity index (χ1) is 9.19. The summed E-state index contributed by atoms with van der Waals surface area (Å²) in [6.45, 7) is 5.29. The third kappa shape index (κ3) is 2.38. The van der Waals surface area contributed by atoms with Crippen molar-refractivity contribution in [1.29, 1.82) is 0 Å². The molecular weight excluding hydrogens is 258 g/mol. The van der Waals surface area contributed by atoms with Crippen LogP contribution in [0.5, 0.6) is 0 Å². The Morgan fingerprint density at radius 1 is 1.37 bits per heavy atom. The van der Waals surface area contributed by atoms with Crippen LogP contribution in [0.1, 0.15) is 70.2 Å². The number of aromatic amines is 1. The summed E-state index contributed by atoms with van der Waals surface area (Å²) in [4.78, 5) is 0. The van der Waals surface area contributed by atoms with Crippen LogP contribution in [0.25, 0.3) is 0 Å². The number of rotatable bonds is 4. The predicted molar refractivity (Wildman–Crippen MR) is 76.9 cm³/mol. The zero-order valence-electron chi connectivity index (χ0n) is 11.8. The molecule has 1 N–H and O–H groups in total. The zero-order valence-corrected chi connectivity index (χ0v) is 12.6. The molecule has 1 atom stereocenters. The van der Waals surface area contributed by atoms with Gasteiger partial charge in [-0.25, -0.2) is 0 Å². The Morgan fingerprint density at radius 3 is 2.74 bits per heavy atom. The molecule has 0 aromatic carbocycles. The summed E-state index contributed by atoms with van der Waals surface area (Å²) in [7, 11) is 0. The van der Waals surface area contributed by atoms with Gasteiger partial charge in [0.05, 0.1) is 5.60 Å². The lowest BCUT2D eigenvalue weighted by molar-refractivity contribution is -0.0991. The third-order valence-corrected chi connectivity index (χ3v) is 5.08. The number of nitrogens with zero attached hydrogens (tertiary/aromatic N) is 2. The summed E-state index contributed by atoms with van der Waals surface area (Å²) >= 11 is 5.45. The van der Waals surface area contributed by atoms with E-state index in [1.165, 1.54) is 18.7 Å².